The van der Waals surface area contributed by atoms with E-state index in [9.17, 15) is 9.59 Å². The number of nitrogens with one attached hydrogen (secondary N) is 2. The van der Waals surface area contributed by atoms with Crippen LogP contribution in [0.3, 0.4) is 0 Å². The normalized spacial score (nSPS) is 15.3. The van der Waals surface area contributed by atoms with Crippen molar-refractivity contribution >= 4 is 23.2 Å². The molecule has 0 radical (unpaired) electrons. The number of ether oxygens (including phenoxy) is 1. The summed E-state index contributed by atoms with van der Waals surface area (Å²) in [6.07, 6.45) is 3.13. The molecule has 166 valence electrons. The lowest BCUT2D eigenvalue weighted by atomic mass is 9.98. The zero-order chi connectivity index (χ0) is 22.2. The Hall–Kier alpha value is -3.02. The average Bonchev–Trinajstić information content (AvgIpc) is 2.78. The third-order valence-corrected chi connectivity index (χ3v) is 5.66. The van der Waals surface area contributed by atoms with Gasteiger partial charge in [-0.1, -0.05) is 26.0 Å². The van der Waals surface area contributed by atoms with Crippen molar-refractivity contribution in [3.8, 4) is 5.75 Å². The first-order valence-corrected chi connectivity index (χ1v) is 11.1. The highest BCUT2D eigenvalue weighted by molar-refractivity contribution is 5.96. The lowest BCUT2D eigenvalue weighted by Crippen LogP contribution is -2.37. The van der Waals surface area contributed by atoms with E-state index in [2.05, 4.69) is 24.5 Å². The van der Waals surface area contributed by atoms with E-state index in [1.807, 2.05) is 60.4 Å². The predicted molar refractivity (Wildman–Crippen MR) is 125 cm³/mol. The maximum Gasteiger partial charge on any atom is 0.253 e. The second-order valence-electron chi connectivity index (χ2n) is 8.32. The van der Waals surface area contributed by atoms with Crippen LogP contribution in [0.4, 0.5) is 11.4 Å². The first-order chi connectivity index (χ1) is 14.9. The maximum absolute atomic E-state index is 12.8. The predicted octanol–water partition coefficient (Wildman–Crippen LogP) is 4.79. The topological polar surface area (TPSA) is 70.7 Å². The molecule has 2 N–H and O–H groups in total. The quantitative estimate of drug-likeness (QED) is 0.641. The van der Waals surface area contributed by atoms with Gasteiger partial charge in [-0.3, -0.25) is 9.59 Å². The Morgan fingerprint density at radius 1 is 1.10 bits per heavy atom. The van der Waals surface area contributed by atoms with E-state index in [0.29, 0.717) is 17.2 Å². The number of amides is 2. The molecule has 2 amide bonds. The van der Waals surface area contributed by atoms with Crippen molar-refractivity contribution in [3.63, 3.8) is 0 Å². The van der Waals surface area contributed by atoms with E-state index < -0.39 is 0 Å². The molecule has 1 heterocycles. The van der Waals surface area contributed by atoms with Gasteiger partial charge >= 0.3 is 0 Å². The van der Waals surface area contributed by atoms with Crippen molar-refractivity contribution in [2.45, 2.75) is 46.1 Å². The SMILES string of the molecule is CCC(C)Oc1cccc(NC(=O)CNc2cccc(C(=O)N3CCC(C)CC3)c2)c1. The molecule has 0 aromatic heterocycles. The number of anilines is 2. The van der Waals surface area contributed by atoms with Crippen LogP contribution in [0.2, 0.25) is 0 Å². The number of likely N-dealkylation sites (tertiary alicyclic amines) is 1. The van der Waals surface area contributed by atoms with Gasteiger partial charge in [0.2, 0.25) is 5.91 Å². The molecular formula is C25H33N3O3. The van der Waals surface area contributed by atoms with Gasteiger partial charge in [-0.05, 0) is 62.4 Å². The summed E-state index contributed by atoms with van der Waals surface area (Å²) in [5, 5.41) is 5.99. The van der Waals surface area contributed by atoms with Crippen molar-refractivity contribution in [1.82, 2.24) is 4.90 Å². The lowest BCUT2D eigenvalue weighted by Gasteiger charge is -2.30. The number of piperidine rings is 1. The summed E-state index contributed by atoms with van der Waals surface area (Å²) in [7, 11) is 0. The molecule has 1 aliphatic heterocycles. The summed E-state index contributed by atoms with van der Waals surface area (Å²) >= 11 is 0. The number of carbonyl (C=O) groups is 2. The lowest BCUT2D eigenvalue weighted by molar-refractivity contribution is -0.114. The average molecular weight is 424 g/mol. The Labute approximate surface area is 185 Å². The Kier molecular flexibility index (Phi) is 7.93. The fourth-order valence-electron chi connectivity index (χ4n) is 3.51. The Morgan fingerprint density at radius 2 is 1.81 bits per heavy atom. The molecule has 0 bridgehead atoms. The molecule has 1 atom stereocenters. The van der Waals surface area contributed by atoms with Gasteiger partial charge in [-0.2, -0.15) is 0 Å². The van der Waals surface area contributed by atoms with Crippen LogP contribution < -0.4 is 15.4 Å². The van der Waals surface area contributed by atoms with Gasteiger partial charge in [0, 0.05) is 36.1 Å². The number of nitrogens with zero attached hydrogens (tertiary/aromatic N) is 1. The molecule has 6 nitrogen and oxygen atoms in total. The molecule has 31 heavy (non-hydrogen) atoms. The highest BCUT2D eigenvalue weighted by Crippen LogP contribution is 2.21. The van der Waals surface area contributed by atoms with Crippen LogP contribution in [-0.2, 0) is 4.79 Å². The van der Waals surface area contributed by atoms with E-state index in [-0.39, 0.29) is 24.5 Å². The van der Waals surface area contributed by atoms with Crippen LogP contribution in [0.25, 0.3) is 0 Å². The summed E-state index contributed by atoms with van der Waals surface area (Å²) < 4.78 is 5.80. The van der Waals surface area contributed by atoms with E-state index in [0.717, 1.165) is 43.8 Å². The molecule has 0 spiro atoms. The van der Waals surface area contributed by atoms with Crippen LogP contribution in [0.1, 0.15) is 50.4 Å². The van der Waals surface area contributed by atoms with E-state index >= 15 is 0 Å². The Balaban J connectivity index is 1.53. The van der Waals surface area contributed by atoms with Gasteiger partial charge in [0.05, 0.1) is 12.6 Å². The van der Waals surface area contributed by atoms with Gasteiger partial charge in [0.15, 0.2) is 0 Å². The zero-order valence-corrected chi connectivity index (χ0v) is 18.7. The monoisotopic (exact) mass is 423 g/mol. The van der Waals surface area contributed by atoms with Gasteiger partial charge < -0.3 is 20.3 Å². The molecule has 2 aromatic carbocycles. The molecule has 2 aromatic rings. The number of rotatable bonds is 8. The van der Waals surface area contributed by atoms with Gasteiger partial charge in [-0.25, -0.2) is 0 Å². The third-order valence-electron chi connectivity index (χ3n) is 5.66. The van der Waals surface area contributed by atoms with Crippen LogP contribution in [0.5, 0.6) is 5.75 Å². The summed E-state index contributed by atoms with van der Waals surface area (Å²) in [5.41, 5.74) is 2.09. The standard InChI is InChI=1S/C25H33N3O3/c1-4-19(3)31-23-10-6-9-22(16-23)27-24(29)17-26-21-8-5-7-20(15-21)25(30)28-13-11-18(2)12-14-28/h5-10,15-16,18-19,26H,4,11-14,17H2,1-3H3,(H,27,29). The molecule has 1 saturated heterocycles. The summed E-state index contributed by atoms with van der Waals surface area (Å²) in [6, 6.07) is 14.7. The van der Waals surface area contributed by atoms with Crippen molar-refractivity contribution < 1.29 is 14.3 Å². The molecule has 0 saturated carbocycles. The van der Waals surface area contributed by atoms with Crippen molar-refractivity contribution in [2.75, 3.05) is 30.3 Å². The first-order valence-electron chi connectivity index (χ1n) is 11.1. The minimum Gasteiger partial charge on any atom is -0.491 e. The van der Waals surface area contributed by atoms with E-state index in [1.165, 1.54) is 0 Å². The van der Waals surface area contributed by atoms with Gasteiger partial charge in [0.25, 0.3) is 5.91 Å². The number of benzene rings is 2. The summed E-state index contributed by atoms with van der Waals surface area (Å²) in [5.74, 6) is 1.30. The smallest absolute Gasteiger partial charge is 0.253 e. The van der Waals surface area contributed by atoms with E-state index in [1.54, 1.807) is 0 Å². The van der Waals surface area contributed by atoms with Crippen LogP contribution in [0.15, 0.2) is 48.5 Å². The largest absolute Gasteiger partial charge is 0.491 e. The fraction of sp³-hybridized carbons (Fsp3) is 0.440. The Bertz CT molecular complexity index is 891. The summed E-state index contributed by atoms with van der Waals surface area (Å²) in [6.45, 7) is 8.03. The minimum atomic E-state index is -0.164. The van der Waals surface area contributed by atoms with E-state index in [4.69, 9.17) is 4.74 Å². The molecule has 3 rings (SSSR count). The van der Waals surface area contributed by atoms with Crippen molar-refractivity contribution in [2.24, 2.45) is 5.92 Å². The number of carbonyl (C=O) groups excluding carboxylic acids is 2. The second-order valence-corrected chi connectivity index (χ2v) is 8.32. The van der Waals surface area contributed by atoms with Crippen LogP contribution in [-0.4, -0.2) is 42.5 Å². The molecule has 0 aliphatic carbocycles. The van der Waals surface area contributed by atoms with Gasteiger partial charge in [0.1, 0.15) is 5.75 Å². The van der Waals surface area contributed by atoms with Crippen LogP contribution in [0, 0.1) is 5.92 Å². The minimum absolute atomic E-state index is 0.0538. The molecular weight excluding hydrogens is 390 g/mol. The third kappa shape index (κ3) is 6.74. The maximum atomic E-state index is 12.8. The fourth-order valence-corrected chi connectivity index (χ4v) is 3.51. The van der Waals surface area contributed by atoms with Crippen LogP contribution >= 0.6 is 0 Å². The highest BCUT2D eigenvalue weighted by atomic mass is 16.5. The molecule has 6 heteroatoms. The molecule has 1 aliphatic rings. The van der Waals surface area contributed by atoms with Crippen molar-refractivity contribution in [1.29, 1.82) is 0 Å². The molecule has 1 fully saturated rings. The summed E-state index contributed by atoms with van der Waals surface area (Å²) in [4.78, 5) is 27.1. The number of hydrogen-bond acceptors (Lipinski definition) is 4. The highest BCUT2D eigenvalue weighted by Gasteiger charge is 2.21. The first kappa shape index (κ1) is 22.7. The van der Waals surface area contributed by atoms with Crippen molar-refractivity contribution in [3.05, 3.63) is 54.1 Å². The van der Waals surface area contributed by atoms with Gasteiger partial charge in [-0.15, -0.1) is 0 Å². The Morgan fingerprint density at radius 3 is 2.55 bits per heavy atom. The molecule has 1 unspecified atom stereocenters. The number of hydrogen-bond donors (Lipinski definition) is 2. The second kappa shape index (κ2) is 10.8. The zero-order valence-electron chi connectivity index (χ0n) is 18.7.